The molecule has 5 nitrogen and oxygen atoms in total. The highest BCUT2D eigenvalue weighted by molar-refractivity contribution is 8.76. The third-order valence-electron chi connectivity index (χ3n) is 1.73. The normalized spacial score (nSPS) is 10.3. The molecule has 0 bridgehead atoms. The highest BCUT2D eigenvalue weighted by Gasteiger charge is 2.10. The van der Waals surface area contributed by atoms with Crippen LogP contribution >= 0.6 is 32.9 Å². The molecule has 0 aliphatic heterocycles. The molecule has 1 heterocycles. The monoisotopic (exact) mass is 307 g/mol. The Hall–Kier alpha value is -0.440. The van der Waals surface area contributed by atoms with Crippen molar-refractivity contribution in [3.8, 4) is 0 Å². The average Bonchev–Trinajstić information content (AvgIpc) is 2.83. The van der Waals surface area contributed by atoms with E-state index in [0.29, 0.717) is 18.0 Å². The van der Waals surface area contributed by atoms with E-state index in [4.69, 9.17) is 10.5 Å². The summed E-state index contributed by atoms with van der Waals surface area (Å²) in [6, 6.07) is 0. The molecule has 8 heteroatoms. The van der Waals surface area contributed by atoms with Crippen LogP contribution in [0.4, 0.5) is 5.13 Å². The number of hydrogen-bond donors (Lipinski definition) is 2. The molecule has 0 unspecified atom stereocenters. The molecule has 102 valence electrons. The molecule has 1 rings (SSSR count). The minimum atomic E-state index is -0.309. The maximum atomic E-state index is 11.4. The van der Waals surface area contributed by atoms with Gasteiger partial charge in [-0.2, -0.15) is 0 Å². The Morgan fingerprint density at radius 3 is 3.06 bits per heavy atom. The Morgan fingerprint density at radius 2 is 2.33 bits per heavy atom. The first-order chi connectivity index (χ1) is 8.77. The van der Waals surface area contributed by atoms with Gasteiger partial charge in [0.25, 0.3) is 0 Å². The van der Waals surface area contributed by atoms with Crippen molar-refractivity contribution in [3.05, 3.63) is 11.1 Å². The van der Waals surface area contributed by atoms with Crippen LogP contribution in [-0.4, -0.2) is 42.2 Å². The van der Waals surface area contributed by atoms with Crippen LogP contribution in [0.5, 0.6) is 0 Å². The van der Waals surface area contributed by atoms with Gasteiger partial charge in [-0.15, -0.1) is 0 Å². The first-order valence-electron chi connectivity index (χ1n) is 5.59. The smallest absolute Gasteiger partial charge is 0.350 e. The van der Waals surface area contributed by atoms with E-state index in [0.717, 1.165) is 23.2 Å². The van der Waals surface area contributed by atoms with Gasteiger partial charge in [0, 0.05) is 24.6 Å². The molecular formula is C10H17N3O2S3. The summed E-state index contributed by atoms with van der Waals surface area (Å²) in [5, 5.41) is 3.93. The molecule has 0 saturated carbocycles. The van der Waals surface area contributed by atoms with Crippen LogP contribution < -0.4 is 11.1 Å². The zero-order valence-electron chi connectivity index (χ0n) is 10.2. The first kappa shape index (κ1) is 15.6. The summed E-state index contributed by atoms with van der Waals surface area (Å²) in [5.74, 6) is 1.63. The fraction of sp³-hybridized carbons (Fsp3) is 0.600. The second-order valence-corrected chi connectivity index (χ2v) is 6.84. The minimum Gasteiger partial charge on any atom is -0.462 e. The lowest BCUT2D eigenvalue weighted by Crippen LogP contribution is -2.04. The molecule has 0 radical (unpaired) electrons. The molecule has 0 aromatic carbocycles. The summed E-state index contributed by atoms with van der Waals surface area (Å²) in [7, 11) is 3.54. The predicted molar refractivity (Wildman–Crippen MR) is 80.5 cm³/mol. The Morgan fingerprint density at radius 1 is 1.56 bits per heavy atom. The second-order valence-electron chi connectivity index (χ2n) is 3.11. The Balaban J connectivity index is 2.21. The van der Waals surface area contributed by atoms with Crippen LogP contribution in [-0.2, 0) is 4.74 Å². The van der Waals surface area contributed by atoms with Crippen LogP contribution in [0.1, 0.15) is 16.6 Å². The molecular weight excluding hydrogens is 290 g/mol. The third kappa shape index (κ3) is 5.94. The summed E-state index contributed by atoms with van der Waals surface area (Å²) in [5.41, 5.74) is 5.39. The number of carbonyl (C=O) groups excluding carboxylic acids is 1. The van der Waals surface area contributed by atoms with E-state index in [1.807, 2.05) is 0 Å². The van der Waals surface area contributed by atoms with Gasteiger partial charge in [0.15, 0.2) is 5.13 Å². The van der Waals surface area contributed by atoms with Crippen molar-refractivity contribution in [1.82, 2.24) is 4.98 Å². The number of aromatic nitrogens is 1. The average molecular weight is 307 g/mol. The molecule has 0 amide bonds. The van der Waals surface area contributed by atoms with E-state index >= 15 is 0 Å². The van der Waals surface area contributed by atoms with Crippen molar-refractivity contribution in [2.45, 2.75) is 6.92 Å². The third-order valence-corrected chi connectivity index (χ3v) is 5.10. The maximum Gasteiger partial charge on any atom is 0.350 e. The van der Waals surface area contributed by atoms with E-state index in [-0.39, 0.29) is 5.97 Å². The molecule has 18 heavy (non-hydrogen) atoms. The molecule has 0 saturated heterocycles. The van der Waals surface area contributed by atoms with Crippen LogP contribution in [0.25, 0.3) is 0 Å². The fourth-order valence-electron chi connectivity index (χ4n) is 1.02. The van der Waals surface area contributed by atoms with E-state index < -0.39 is 0 Å². The number of nitrogens with zero attached hydrogens (tertiary/aromatic N) is 1. The number of rotatable bonds is 9. The number of nitrogens with two attached hydrogens (primary N) is 1. The molecule has 0 atom stereocenters. The number of anilines is 1. The van der Waals surface area contributed by atoms with Crippen LogP contribution in [0.15, 0.2) is 6.20 Å². The van der Waals surface area contributed by atoms with Gasteiger partial charge in [0.2, 0.25) is 0 Å². The fourth-order valence-corrected chi connectivity index (χ4v) is 3.52. The molecule has 1 aromatic heterocycles. The lowest BCUT2D eigenvalue weighted by Gasteiger charge is -2.01. The molecule has 1 aromatic rings. The summed E-state index contributed by atoms with van der Waals surface area (Å²) in [6.45, 7) is 3.70. The van der Waals surface area contributed by atoms with Crippen molar-refractivity contribution in [3.63, 3.8) is 0 Å². The van der Waals surface area contributed by atoms with E-state index in [2.05, 4.69) is 10.3 Å². The van der Waals surface area contributed by atoms with Gasteiger partial charge in [-0.05, 0) is 6.92 Å². The van der Waals surface area contributed by atoms with Gasteiger partial charge in [0.1, 0.15) is 4.88 Å². The van der Waals surface area contributed by atoms with E-state index in [1.54, 1.807) is 34.7 Å². The lowest BCUT2D eigenvalue weighted by molar-refractivity contribution is 0.0532. The maximum absolute atomic E-state index is 11.4. The summed E-state index contributed by atoms with van der Waals surface area (Å²) in [4.78, 5) is 16.1. The van der Waals surface area contributed by atoms with Crippen molar-refractivity contribution in [1.29, 1.82) is 0 Å². The number of carbonyl (C=O) groups is 1. The zero-order chi connectivity index (χ0) is 13.2. The Labute approximate surface area is 119 Å². The van der Waals surface area contributed by atoms with Crippen LogP contribution in [0, 0.1) is 0 Å². The van der Waals surface area contributed by atoms with Crippen LogP contribution in [0.3, 0.4) is 0 Å². The summed E-state index contributed by atoms with van der Waals surface area (Å²) < 4.78 is 4.90. The first-order valence-corrected chi connectivity index (χ1v) is 8.89. The topological polar surface area (TPSA) is 77.2 Å². The summed E-state index contributed by atoms with van der Waals surface area (Å²) in [6.07, 6.45) is 1.54. The predicted octanol–water partition coefficient (Wildman–Crippen LogP) is 2.07. The largest absolute Gasteiger partial charge is 0.462 e. The molecule has 0 fully saturated rings. The lowest BCUT2D eigenvalue weighted by atomic mass is 10.6. The van der Waals surface area contributed by atoms with Gasteiger partial charge in [-0.25, -0.2) is 9.78 Å². The number of nitrogens with one attached hydrogen (secondary N) is 1. The minimum absolute atomic E-state index is 0.309. The molecule has 0 aliphatic rings. The van der Waals surface area contributed by atoms with Gasteiger partial charge < -0.3 is 15.8 Å². The SMILES string of the molecule is CCOC(=O)c1cnc(NCCSSCCN)s1. The number of thiazole rings is 1. The van der Waals surface area contributed by atoms with Gasteiger partial charge in [-0.1, -0.05) is 32.9 Å². The number of hydrogen-bond acceptors (Lipinski definition) is 8. The van der Waals surface area contributed by atoms with Gasteiger partial charge in [0.05, 0.1) is 12.8 Å². The highest BCUT2D eigenvalue weighted by Crippen LogP contribution is 2.21. The number of esters is 1. The summed E-state index contributed by atoms with van der Waals surface area (Å²) >= 11 is 1.32. The van der Waals surface area contributed by atoms with Gasteiger partial charge >= 0.3 is 5.97 Å². The Bertz CT molecular complexity index is 360. The highest BCUT2D eigenvalue weighted by atomic mass is 33.1. The van der Waals surface area contributed by atoms with Crippen LogP contribution in [0.2, 0.25) is 0 Å². The van der Waals surface area contributed by atoms with Crippen molar-refractivity contribution in [2.24, 2.45) is 5.73 Å². The zero-order valence-corrected chi connectivity index (χ0v) is 12.6. The van der Waals surface area contributed by atoms with Crippen molar-refractivity contribution < 1.29 is 9.53 Å². The molecule has 0 spiro atoms. The van der Waals surface area contributed by atoms with Crippen molar-refractivity contribution in [2.75, 3.05) is 36.5 Å². The molecule has 0 aliphatic carbocycles. The van der Waals surface area contributed by atoms with E-state index in [9.17, 15) is 4.79 Å². The molecule has 3 N–H and O–H groups in total. The Kier molecular flexibility index (Phi) is 8.23. The quantitative estimate of drug-likeness (QED) is 0.411. The van der Waals surface area contributed by atoms with Gasteiger partial charge in [-0.3, -0.25) is 0 Å². The number of ether oxygens (including phenoxy) is 1. The van der Waals surface area contributed by atoms with Crippen molar-refractivity contribution >= 4 is 44.0 Å². The second kappa shape index (κ2) is 9.48. The standard InChI is InChI=1S/C10H17N3O2S3/c1-2-15-9(14)8-7-13-10(18-8)12-4-6-17-16-5-3-11/h7H,2-6,11H2,1H3,(H,12,13). The van der Waals surface area contributed by atoms with E-state index in [1.165, 1.54) is 11.3 Å².